The van der Waals surface area contributed by atoms with E-state index in [-0.39, 0.29) is 30.1 Å². The predicted molar refractivity (Wildman–Crippen MR) is 119 cm³/mol. The van der Waals surface area contributed by atoms with Crippen molar-refractivity contribution in [1.29, 1.82) is 0 Å². The highest BCUT2D eigenvalue weighted by molar-refractivity contribution is 14.0. The van der Waals surface area contributed by atoms with Gasteiger partial charge in [-0.3, -0.25) is 0 Å². The van der Waals surface area contributed by atoms with Gasteiger partial charge in [-0.15, -0.1) is 24.0 Å². The summed E-state index contributed by atoms with van der Waals surface area (Å²) in [5.41, 5.74) is 2.11. The second-order valence-corrected chi connectivity index (χ2v) is 5.97. The molecule has 0 amide bonds. The Bertz CT molecular complexity index is 758. The minimum Gasteiger partial charge on any atom is -0.493 e. The van der Waals surface area contributed by atoms with E-state index < -0.39 is 0 Å². The molecule has 27 heavy (non-hydrogen) atoms. The molecule has 0 aliphatic carbocycles. The van der Waals surface area contributed by atoms with Gasteiger partial charge in [-0.1, -0.05) is 18.2 Å². The Hall–Kier alpha value is -2.16. The highest BCUT2D eigenvalue weighted by Gasteiger charge is 2.22. The van der Waals surface area contributed by atoms with Gasteiger partial charge in [0.1, 0.15) is 11.9 Å². The molecule has 146 valence electrons. The van der Waals surface area contributed by atoms with Crippen LogP contribution in [0.2, 0.25) is 0 Å². The van der Waals surface area contributed by atoms with Crippen molar-refractivity contribution in [2.45, 2.75) is 19.4 Å². The van der Waals surface area contributed by atoms with Gasteiger partial charge in [0.15, 0.2) is 17.5 Å². The molecule has 7 heteroatoms. The Morgan fingerprint density at radius 2 is 1.93 bits per heavy atom. The zero-order valence-electron chi connectivity index (χ0n) is 15.8. The molecule has 0 saturated heterocycles. The number of anilines is 1. The maximum atomic E-state index is 5.95. The number of para-hydroxylation sites is 1. The van der Waals surface area contributed by atoms with E-state index >= 15 is 0 Å². The largest absolute Gasteiger partial charge is 0.493 e. The SMILES string of the molecule is CCNC(=NCC1Cc2ccccc2O1)Nc1ccc(OC)c(OC)c1.I. The molecular weight excluding hydrogens is 457 g/mol. The summed E-state index contributed by atoms with van der Waals surface area (Å²) < 4.78 is 16.6. The lowest BCUT2D eigenvalue weighted by molar-refractivity contribution is 0.242. The second-order valence-electron chi connectivity index (χ2n) is 5.97. The topological polar surface area (TPSA) is 64.1 Å². The van der Waals surface area contributed by atoms with Crippen LogP contribution in [0, 0.1) is 0 Å². The molecule has 0 saturated carbocycles. The van der Waals surface area contributed by atoms with E-state index in [1.807, 2.05) is 43.3 Å². The monoisotopic (exact) mass is 483 g/mol. The molecule has 0 bridgehead atoms. The van der Waals surface area contributed by atoms with Gasteiger partial charge in [-0.05, 0) is 30.7 Å². The van der Waals surface area contributed by atoms with Gasteiger partial charge in [0, 0.05) is 24.7 Å². The number of fused-ring (bicyclic) bond motifs is 1. The lowest BCUT2D eigenvalue weighted by Crippen LogP contribution is -2.32. The Morgan fingerprint density at radius 3 is 2.63 bits per heavy atom. The number of nitrogens with zero attached hydrogens (tertiary/aromatic N) is 1. The summed E-state index contributed by atoms with van der Waals surface area (Å²) in [5, 5.41) is 6.55. The van der Waals surface area contributed by atoms with Crippen molar-refractivity contribution in [3.63, 3.8) is 0 Å². The van der Waals surface area contributed by atoms with E-state index in [2.05, 4.69) is 21.7 Å². The fraction of sp³-hybridized carbons (Fsp3) is 0.350. The Labute approximate surface area is 177 Å². The summed E-state index contributed by atoms with van der Waals surface area (Å²) in [6.07, 6.45) is 0.948. The molecule has 0 fully saturated rings. The van der Waals surface area contributed by atoms with Crippen LogP contribution in [0.3, 0.4) is 0 Å². The Morgan fingerprint density at radius 1 is 1.15 bits per heavy atom. The summed E-state index contributed by atoms with van der Waals surface area (Å²) in [6, 6.07) is 13.8. The normalized spacial score (nSPS) is 15.2. The van der Waals surface area contributed by atoms with E-state index in [1.165, 1.54) is 5.56 Å². The van der Waals surface area contributed by atoms with Gasteiger partial charge >= 0.3 is 0 Å². The van der Waals surface area contributed by atoms with Gasteiger partial charge < -0.3 is 24.8 Å². The molecular formula is C20H26IN3O3. The van der Waals surface area contributed by atoms with E-state index in [9.17, 15) is 0 Å². The summed E-state index contributed by atoms with van der Waals surface area (Å²) in [6.45, 7) is 3.38. The van der Waals surface area contributed by atoms with Gasteiger partial charge in [0.25, 0.3) is 0 Å². The van der Waals surface area contributed by atoms with E-state index in [0.717, 1.165) is 24.4 Å². The van der Waals surface area contributed by atoms with Gasteiger partial charge in [0.2, 0.25) is 0 Å². The van der Waals surface area contributed by atoms with Crippen molar-refractivity contribution in [3.05, 3.63) is 48.0 Å². The average molecular weight is 483 g/mol. The Kier molecular flexibility index (Phi) is 8.02. The van der Waals surface area contributed by atoms with Crippen LogP contribution >= 0.6 is 24.0 Å². The first kappa shape index (κ1) is 21.1. The molecule has 0 aromatic heterocycles. The highest BCUT2D eigenvalue weighted by Crippen LogP contribution is 2.30. The van der Waals surface area contributed by atoms with Gasteiger partial charge in [-0.25, -0.2) is 4.99 Å². The fourth-order valence-corrected chi connectivity index (χ4v) is 2.91. The molecule has 0 radical (unpaired) electrons. The van der Waals surface area contributed by atoms with Crippen LogP contribution in [0.1, 0.15) is 12.5 Å². The summed E-state index contributed by atoms with van der Waals surface area (Å²) in [4.78, 5) is 4.67. The number of aliphatic imine (C=N–C) groups is 1. The van der Waals surface area contributed by atoms with Crippen molar-refractivity contribution in [1.82, 2.24) is 5.32 Å². The first-order valence-electron chi connectivity index (χ1n) is 8.75. The number of benzene rings is 2. The maximum Gasteiger partial charge on any atom is 0.195 e. The molecule has 1 aliphatic heterocycles. The molecule has 2 aromatic carbocycles. The van der Waals surface area contributed by atoms with Gasteiger partial charge in [-0.2, -0.15) is 0 Å². The van der Waals surface area contributed by atoms with Crippen LogP contribution in [0.5, 0.6) is 17.2 Å². The number of hydrogen-bond donors (Lipinski definition) is 2. The number of ether oxygens (including phenoxy) is 3. The lowest BCUT2D eigenvalue weighted by atomic mass is 10.1. The number of halogens is 1. The van der Waals surface area contributed by atoms with Crippen LogP contribution in [0.4, 0.5) is 5.69 Å². The van der Waals surface area contributed by atoms with Crippen LogP contribution in [-0.2, 0) is 6.42 Å². The van der Waals surface area contributed by atoms with Crippen molar-refractivity contribution in [3.8, 4) is 17.2 Å². The quantitative estimate of drug-likeness (QED) is 0.373. The second kappa shape index (κ2) is 10.2. The first-order chi connectivity index (χ1) is 12.7. The molecule has 0 spiro atoms. The van der Waals surface area contributed by atoms with Crippen LogP contribution in [0.15, 0.2) is 47.5 Å². The van der Waals surface area contributed by atoms with Crippen molar-refractivity contribution in [2.24, 2.45) is 4.99 Å². The predicted octanol–water partition coefficient (Wildman–Crippen LogP) is 3.70. The number of rotatable bonds is 6. The van der Waals surface area contributed by atoms with E-state index in [4.69, 9.17) is 14.2 Å². The van der Waals surface area contributed by atoms with Crippen LogP contribution < -0.4 is 24.8 Å². The van der Waals surface area contributed by atoms with Crippen molar-refractivity contribution >= 4 is 35.6 Å². The van der Waals surface area contributed by atoms with Crippen molar-refractivity contribution < 1.29 is 14.2 Å². The smallest absolute Gasteiger partial charge is 0.195 e. The average Bonchev–Trinajstić information content (AvgIpc) is 3.09. The number of nitrogens with one attached hydrogen (secondary N) is 2. The number of guanidine groups is 1. The van der Waals surface area contributed by atoms with Crippen LogP contribution in [-0.4, -0.2) is 39.4 Å². The molecule has 1 aliphatic rings. The molecule has 1 unspecified atom stereocenters. The van der Waals surface area contributed by atoms with E-state index in [1.54, 1.807) is 14.2 Å². The standard InChI is InChI=1S/C20H25N3O3.HI/c1-4-21-20(23-15-9-10-18(24-2)19(12-15)25-3)22-13-16-11-14-7-5-6-8-17(14)26-16;/h5-10,12,16H,4,11,13H2,1-3H3,(H2,21,22,23);1H. The zero-order valence-corrected chi connectivity index (χ0v) is 18.2. The minimum absolute atomic E-state index is 0. The highest BCUT2D eigenvalue weighted by atomic mass is 127. The molecule has 6 nitrogen and oxygen atoms in total. The summed E-state index contributed by atoms with van der Waals surface area (Å²) in [7, 11) is 3.24. The molecule has 1 heterocycles. The third kappa shape index (κ3) is 5.41. The fourth-order valence-electron chi connectivity index (χ4n) is 2.91. The summed E-state index contributed by atoms with van der Waals surface area (Å²) >= 11 is 0. The summed E-state index contributed by atoms with van der Waals surface area (Å²) in [5.74, 6) is 3.03. The first-order valence-corrected chi connectivity index (χ1v) is 8.75. The minimum atomic E-state index is 0. The Balaban J connectivity index is 0.00000261. The van der Waals surface area contributed by atoms with Crippen LogP contribution in [0.25, 0.3) is 0 Å². The maximum absolute atomic E-state index is 5.95. The number of hydrogen-bond acceptors (Lipinski definition) is 4. The third-order valence-electron chi connectivity index (χ3n) is 4.16. The molecule has 2 aromatic rings. The zero-order chi connectivity index (χ0) is 18.4. The molecule has 1 atom stereocenters. The number of methoxy groups -OCH3 is 2. The molecule has 3 rings (SSSR count). The van der Waals surface area contributed by atoms with E-state index in [0.29, 0.717) is 24.0 Å². The lowest BCUT2D eigenvalue weighted by Gasteiger charge is -2.15. The van der Waals surface area contributed by atoms with Crippen molar-refractivity contribution in [2.75, 3.05) is 32.6 Å². The van der Waals surface area contributed by atoms with Gasteiger partial charge in [0.05, 0.1) is 20.8 Å². The third-order valence-corrected chi connectivity index (χ3v) is 4.16. The molecule has 2 N–H and O–H groups in total.